The lowest BCUT2D eigenvalue weighted by molar-refractivity contribution is -0.144. The number of hydrogen-bond donors (Lipinski definition) is 1. The maximum absolute atomic E-state index is 12.9. The lowest BCUT2D eigenvalue weighted by Gasteiger charge is -2.33. The summed E-state index contributed by atoms with van der Waals surface area (Å²) in [6.45, 7) is 3.48. The minimum Gasteiger partial charge on any atom is -0.364 e. The number of amides is 1. The first-order valence-electron chi connectivity index (χ1n) is 8.49. The summed E-state index contributed by atoms with van der Waals surface area (Å²) in [5.74, 6) is 0.912. The molecule has 1 unspecified atom stereocenters. The van der Waals surface area contributed by atoms with E-state index in [9.17, 15) is 9.18 Å². The number of H-pyrrole nitrogens is 1. The number of halogens is 1. The van der Waals surface area contributed by atoms with Gasteiger partial charge in [-0.3, -0.25) is 4.79 Å². The van der Waals surface area contributed by atoms with Crippen molar-refractivity contribution in [1.82, 2.24) is 25.5 Å². The van der Waals surface area contributed by atoms with Crippen LogP contribution in [0.25, 0.3) is 0 Å². The quantitative estimate of drug-likeness (QED) is 0.860. The van der Waals surface area contributed by atoms with Gasteiger partial charge in [0.15, 0.2) is 5.82 Å². The molecule has 7 nitrogen and oxygen atoms in total. The number of nitrogens with one attached hydrogen (secondary N) is 1. The summed E-state index contributed by atoms with van der Waals surface area (Å²) in [6, 6.07) is 6.10. The van der Waals surface area contributed by atoms with Crippen molar-refractivity contribution < 1.29 is 13.9 Å². The molecule has 0 bridgehead atoms. The second-order valence-electron chi connectivity index (χ2n) is 6.38. The Hall–Kier alpha value is -2.35. The number of carbonyl (C=O) groups excluding carboxylic acids is 1. The second-order valence-corrected chi connectivity index (χ2v) is 6.38. The van der Waals surface area contributed by atoms with Crippen LogP contribution in [-0.4, -0.2) is 50.6 Å². The molecule has 1 aliphatic rings. The highest BCUT2D eigenvalue weighted by Crippen LogP contribution is 2.21. The van der Waals surface area contributed by atoms with Gasteiger partial charge in [-0.2, -0.15) is 5.21 Å². The average molecular weight is 347 g/mol. The van der Waals surface area contributed by atoms with Gasteiger partial charge in [-0.05, 0) is 43.4 Å². The molecule has 1 amide bonds. The number of ether oxygens (including phenoxy) is 1. The van der Waals surface area contributed by atoms with E-state index in [1.54, 1.807) is 19.1 Å². The zero-order valence-corrected chi connectivity index (χ0v) is 14.2. The Labute approximate surface area is 145 Å². The summed E-state index contributed by atoms with van der Waals surface area (Å²) in [6.07, 6.45) is 2.12. The highest BCUT2D eigenvalue weighted by Gasteiger charge is 2.27. The zero-order chi connectivity index (χ0) is 17.6. The minimum absolute atomic E-state index is 0.000114. The maximum atomic E-state index is 12.9. The molecule has 0 aliphatic carbocycles. The summed E-state index contributed by atoms with van der Waals surface area (Å²) in [5, 5.41) is 14.0. The number of benzene rings is 1. The van der Waals surface area contributed by atoms with Gasteiger partial charge in [0, 0.05) is 19.5 Å². The minimum atomic E-state index is -0.515. The van der Waals surface area contributed by atoms with Gasteiger partial charge < -0.3 is 9.64 Å². The molecule has 8 heteroatoms. The largest absolute Gasteiger partial charge is 0.364 e. The molecule has 1 aromatic carbocycles. The van der Waals surface area contributed by atoms with E-state index in [0.717, 1.165) is 30.7 Å². The lowest BCUT2D eigenvalue weighted by Crippen LogP contribution is -2.44. The molecule has 0 spiro atoms. The van der Waals surface area contributed by atoms with E-state index in [1.807, 2.05) is 4.90 Å². The summed E-state index contributed by atoms with van der Waals surface area (Å²) in [5.41, 5.74) is 0.847. The number of aromatic nitrogens is 4. The molecule has 0 saturated carbocycles. The lowest BCUT2D eigenvalue weighted by atomic mass is 9.93. The van der Waals surface area contributed by atoms with Gasteiger partial charge in [0.05, 0.1) is 6.61 Å². The molecule has 25 heavy (non-hydrogen) atoms. The normalized spacial score (nSPS) is 16.8. The number of nitrogens with zero attached hydrogens (tertiary/aromatic N) is 4. The van der Waals surface area contributed by atoms with Crippen molar-refractivity contribution in [3.8, 4) is 0 Å². The molecule has 0 radical (unpaired) electrons. The second kappa shape index (κ2) is 8.15. The molecule has 2 heterocycles. The van der Waals surface area contributed by atoms with E-state index in [0.29, 0.717) is 25.6 Å². The van der Waals surface area contributed by atoms with Crippen LogP contribution in [0.3, 0.4) is 0 Å². The van der Waals surface area contributed by atoms with Crippen LogP contribution in [0.4, 0.5) is 4.39 Å². The van der Waals surface area contributed by atoms with Gasteiger partial charge in [0.2, 0.25) is 0 Å². The van der Waals surface area contributed by atoms with Crippen LogP contribution in [0.1, 0.15) is 31.2 Å². The Balaban J connectivity index is 1.42. The van der Waals surface area contributed by atoms with Crippen LogP contribution >= 0.6 is 0 Å². The Morgan fingerprint density at radius 1 is 1.36 bits per heavy atom. The third-order valence-corrected chi connectivity index (χ3v) is 4.55. The first-order chi connectivity index (χ1) is 12.1. The van der Waals surface area contributed by atoms with Crippen LogP contribution in [0, 0.1) is 11.7 Å². The van der Waals surface area contributed by atoms with E-state index in [1.165, 1.54) is 12.1 Å². The molecular weight excluding hydrogens is 325 g/mol. The molecule has 1 N–H and O–H groups in total. The van der Waals surface area contributed by atoms with E-state index in [2.05, 4.69) is 20.6 Å². The summed E-state index contributed by atoms with van der Waals surface area (Å²) >= 11 is 0. The predicted molar refractivity (Wildman–Crippen MR) is 87.8 cm³/mol. The van der Waals surface area contributed by atoms with Gasteiger partial charge in [0.25, 0.3) is 5.91 Å². The van der Waals surface area contributed by atoms with Crippen LogP contribution < -0.4 is 0 Å². The third kappa shape index (κ3) is 4.82. The van der Waals surface area contributed by atoms with E-state index < -0.39 is 6.10 Å². The number of rotatable bonds is 6. The Kier molecular flexibility index (Phi) is 5.70. The van der Waals surface area contributed by atoms with Crippen molar-refractivity contribution in [3.05, 3.63) is 41.5 Å². The van der Waals surface area contributed by atoms with Gasteiger partial charge in [0.1, 0.15) is 11.9 Å². The van der Waals surface area contributed by atoms with Crippen LogP contribution in [0.2, 0.25) is 0 Å². The SMILES string of the molecule is CC(OCc1ccc(F)cc1)C(=O)N1CCC(Cc2nn[nH]n2)CC1. The highest BCUT2D eigenvalue weighted by atomic mass is 19.1. The van der Waals surface area contributed by atoms with Crippen molar-refractivity contribution >= 4 is 5.91 Å². The first-order valence-corrected chi connectivity index (χ1v) is 8.49. The van der Waals surface area contributed by atoms with E-state index in [-0.39, 0.29) is 11.7 Å². The fourth-order valence-corrected chi connectivity index (χ4v) is 3.01. The van der Waals surface area contributed by atoms with Crippen molar-refractivity contribution in [3.63, 3.8) is 0 Å². The molecule has 1 fully saturated rings. The van der Waals surface area contributed by atoms with Crippen molar-refractivity contribution in [2.24, 2.45) is 5.92 Å². The van der Waals surface area contributed by atoms with Gasteiger partial charge in [-0.1, -0.05) is 17.3 Å². The van der Waals surface area contributed by atoms with Crippen LogP contribution in [0.15, 0.2) is 24.3 Å². The molecule has 1 aliphatic heterocycles. The van der Waals surface area contributed by atoms with Gasteiger partial charge in [-0.25, -0.2) is 4.39 Å². The summed E-state index contributed by atoms with van der Waals surface area (Å²) in [7, 11) is 0. The maximum Gasteiger partial charge on any atom is 0.251 e. The Morgan fingerprint density at radius 3 is 2.72 bits per heavy atom. The Morgan fingerprint density at radius 2 is 2.08 bits per heavy atom. The number of hydrogen-bond acceptors (Lipinski definition) is 5. The summed E-state index contributed by atoms with van der Waals surface area (Å²) < 4.78 is 18.5. The smallest absolute Gasteiger partial charge is 0.251 e. The van der Waals surface area contributed by atoms with Crippen molar-refractivity contribution in [1.29, 1.82) is 0 Å². The van der Waals surface area contributed by atoms with Crippen molar-refractivity contribution in [2.75, 3.05) is 13.1 Å². The molecule has 134 valence electrons. The monoisotopic (exact) mass is 347 g/mol. The number of likely N-dealkylation sites (tertiary alicyclic amines) is 1. The van der Waals surface area contributed by atoms with Gasteiger partial charge >= 0.3 is 0 Å². The molecule has 1 aromatic heterocycles. The van der Waals surface area contributed by atoms with Crippen LogP contribution in [0.5, 0.6) is 0 Å². The van der Waals surface area contributed by atoms with Crippen LogP contribution in [-0.2, 0) is 22.6 Å². The fourth-order valence-electron chi connectivity index (χ4n) is 3.01. The number of carbonyl (C=O) groups is 1. The standard InChI is InChI=1S/C17H22FN5O2/c1-12(25-11-14-2-4-15(18)5-3-14)17(24)23-8-6-13(7-9-23)10-16-19-21-22-20-16/h2-5,12-13H,6-11H2,1H3,(H,19,20,21,22). The first kappa shape index (κ1) is 17.5. The molecular formula is C17H22FN5O2. The fraction of sp³-hybridized carbons (Fsp3) is 0.529. The average Bonchev–Trinajstić information content (AvgIpc) is 3.14. The number of aromatic amines is 1. The molecule has 1 atom stereocenters. The third-order valence-electron chi connectivity index (χ3n) is 4.55. The molecule has 2 aromatic rings. The van der Waals surface area contributed by atoms with E-state index in [4.69, 9.17) is 4.74 Å². The van der Waals surface area contributed by atoms with Crippen molar-refractivity contribution in [2.45, 2.75) is 38.9 Å². The zero-order valence-electron chi connectivity index (χ0n) is 14.2. The molecule has 3 rings (SSSR count). The predicted octanol–water partition coefficient (Wildman–Crippen LogP) is 1.73. The highest BCUT2D eigenvalue weighted by molar-refractivity contribution is 5.80. The van der Waals surface area contributed by atoms with Gasteiger partial charge in [-0.15, -0.1) is 10.2 Å². The molecule has 1 saturated heterocycles. The van der Waals surface area contributed by atoms with E-state index >= 15 is 0 Å². The Bertz CT molecular complexity index is 669. The summed E-state index contributed by atoms with van der Waals surface area (Å²) in [4.78, 5) is 14.3. The topological polar surface area (TPSA) is 84.0 Å². The number of piperidine rings is 1. The number of tetrazole rings is 1.